The van der Waals surface area contributed by atoms with Crippen LogP contribution >= 0.6 is 0 Å². The zero-order valence-corrected chi connectivity index (χ0v) is 28.7. The molecule has 0 saturated heterocycles. The van der Waals surface area contributed by atoms with Crippen molar-refractivity contribution in [2.45, 2.75) is 52.6 Å². The monoisotopic (exact) mass is 666 g/mol. The molecule has 0 spiro atoms. The van der Waals surface area contributed by atoms with Crippen molar-refractivity contribution >= 4 is 46.1 Å². The first-order valence-electron chi connectivity index (χ1n) is 17.2. The molecular formula is C42H42N4O4. The van der Waals surface area contributed by atoms with E-state index in [0.29, 0.717) is 22.5 Å². The highest BCUT2D eigenvalue weighted by atomic mass is 16.2. The Kier molecular flexibility index (Phi) is 10.1. The summed E-state index contributed by atoms with van der Waals surface area (Å²) in [4.78, 5) is 53.2. The fraction of sp³-hybridized carbons (Fsp3) is 0.238. The van der Waals surface area contributed by atoms with E-state index in [2.05, 4.69) is 49.0 Å². The first-order chi connectivity index (χ1) is 24.2. The van der Waals surface area contributed by atoms with Gasteiger partial charge in [0.05, 0.1) is 12.1 Å². The lowest BCUT2D eigenvalue weighted by Gasteiger charge is -2.32. The van der Waals surface area contributed by atoms with Gasteiger partial charge in [-0.1, -0.05) is 113 Å². The van der Waals surface area contributed by atoms with Gasteiger partial charge in [-0.15, -0.1) is 0 Å². The summed E-state index contributed by atoms with van der Waals surface area (Å²) in [7, 11) is 0. The van der Waals surface area contributed by atoms with E-state index < -0.39 is 0 Å². The molecule has 8 nitrogen and oxygen atoms in total. The molecule has 0 aromatic heterocycles. The van der Waals surface area contributed by atoms with Gasteiger partial charge in [-0.05, 0) is 58.4 Å². The normalized spacial score (nSPS) is 19.4. The molecule has 4 atom stereocenters. The molecule has 8 heteroatoms. The number of fused-ring (bicyclic) bond motifs is 2. The largest absolute Gasteiger partial charge is 0.345 e. The van der Waals surface area contributed by atoms with Gasteiger partial charge < -0.3 is 21.3 Å². The number of nitrogens with one attached hydrogen (secondary N) is 4. The highest BCUT2D eigenvalue weighted by Crippen LogP contribution is 2.36. The Bertz CT molecular complexity index is 1880. The molecule has 4 N–H and O–H groups in total. The quantitative estimate of drug-likeness (QED) is 0.137. The van der Waals surface area contributed by atoms with Crippen LogP contribution in [0.15, 0.2) is 109 Å². The van der Waals surface area contributed by atoms with Crippen molar-refractivity contribution in [3.63, 3.8) is 0 Å². The van der Waals surface area contributed by atoms with Crippen LogP contribution in [0.3, 0.4) is 0 Å². The molecule has 2 aliphatic rings. The maximum Gasteiger partial charge on any atom is 0.252 e. The number of benzene rings is 4. The van der Waals surface area contributed by atoms with E-state index in [1.165, 1.54) is 0 Å². The second-order valence-electron chi connectivity index (χ2n) is 13.0. The lowest BCUT2D eigenvalue weighted by Crippen LogP contribution is -2.44. The Morgan fingerprint density at radius 3 is 1.24 bits per heavy atom. The topological polar surface area (TPSA) is 116 Å². The first-order valence-corrected chi connectivity index (χ1v) is 17.2. The number of para-hydroxylation sites is 2. The number of hydrogen-bond acceptors (Lipinski definition) is 4. The minimum Gasteiger partial charge on any atom is -0.345 e. The molecule has 4 aromatic carbocycles. The van der Waals surface area contributed by atoms with Crippen LogP contribution in [-0.2, 0) is 9.59 Å². The van der Waals surface area contributed by atoms with Gasteiger partial charge in [0.15, 0.2) is 0 Å². The Labute approximate surface area is 293 Å². The maximum absolute atomic E-state index is 13.7. The van der Waals surface area contributed by atoms with Crippen molar-refractivity contribution in [1.82, 2.24) is 10.6 Å². The van der Waals surface area contributed by atoms with Crippen molar-refractivity contribution in [3.05, 3.63) is 131 Å². The number of carbonyl (C=O) groups excluding carboxylic acids is 4. The van der Waals surface area contributed by atoms with E-state index in [9.17, 15) is 19.2 Å². The molecule has 0 aliphatic carbocycles. The molecule has 2 heterocycles. The highest BCUT2D eigenvalue weighted by Gasteiger charge is 2.33. The number of carbonyl (C=O) groups is 4. The van der Waals surface area contributed by atoms with E-state index in [0.717, 1.165) is 46.2 Å². The molecule has 0 radical (unpaired) electrons. The average Bonchev–Trinajstić information content (AvgIpc) is 3.13. The number of amides is 4. The van der Waals surface area contributed by atoms with Gasteiger partial charge in [0.25, 0.3) is 11.8 Å². The third kappa shape index (κ3) is 6.87. The van der Waals surface area contributed by atoms with Crippen LogP contribution in [0.5, 0.6) is 0 Å². The van der Waals surface area contributed by atoms with Crippen molar-refractivity contribution in [3.8, 4) is 11.1 Å². The van der Waals surface area contributed by atoms with E-state index in [1.54, 1.807) is 24.3 Å². The molecule has 0 unspecified atom stereocenters. The van der Waals surface area contributed by atoms with E-state index in [1.807, 2.05) is 84.9 Å². The van der Waals surface area contributed by atoms with Crippen molar-refractivity contribution in [2.75, 3.05) is 10.6 Å². The van der Waals surface area contributed by atoms with Gasteiger partial charge in [0.2, 0.25) is 11.8 Å². The minimum atomic E-state index is -0.327. The van der Waals surface area contributed by atoms with Gasteiger partial charge in [-0.3, -0.25) is 19.2 Å². The van der Waals surface area contributed by atoms with E-state index in [4.69, 9.17) is 0 Å². The van der Waals surface area contributed by atoms with Gasteiger partial charge in [-0.25, -0.2) is 0 Å². The Morgan fingerprint density at radius 2 is 0.880 bits per heavy atom. The van der Waals surface area contributed by atoms with Crippen molar-refractivity contribution in [2.24, 2.45) is 11.8 Å². The molecule has 0 bridgehead atoms. The summed E-state index contributed by atoms with van der Waals surface area (Å²) in [6, 6.07) is 29.0. The van der Waals surface area contributed by atoms with Crippen LogP contribution in [0.4, 0.5) is 11.4 Å². The van der Waals surface area contributed by atoms with Crippen LogP contribution in [0.25, 0.3) is 22.3 Å². The standard InChI is InChI=1S/C42H42N4O4/c1-5-25(3)39-33(27-15-7-9-19-31(27)41(49)45-39)23-37(47)43-35-21-13-11-17-29(35)30-18-12-14-22-36(30)44-38(48)24-34-28-16-8-10-20-32(28)42(50)46-40(34)26(4)6-2/h7-26,39-40H,5-6H2,1-4H3,(H,43,47)(H,44,48)(H,45,49)(H,46,50)/b33-23-,34-24-/t25-,26-,39-,40-/m0/s1. The van der Waals surface area contributed by atoms with Crippen LogP contribution in [0.1, 0.15) is 72.4 Å². The van der Waals surface area contributed by atoms with Crippen LogP contribution in [0.2, 0.25) is 0 Å². The van der Waals surface area contributed by atoms with E-state index in [-0.39, 0.29) is 47.5 Å². The maximum atomic E-state index is 13.7. The van der Waals surface area contributed by atoms with Gasteiger partial charge in [-0.2, -0.15) is 0 Å². The van der Waals surface area contributed by atoms with E-state index >= 15 is 0 Å². The fourth-order valence-corrected chi connectivity index (χ4v) is 6.77. The lowest BCUT2D eigenvalue weighted by atomic mass is 9.82. The van der Waals surface area contributed by atoms with Gasteiger partial charge >= 0.3 is 0 Å². The summed E-state index contributed by atoms with van der Waals surface area (Å²) in [5.74, 6) is -0.711. The predicted octanol–water partition coefficient (Wildman–Crippen LogP) is 7.71. The van der Waals surface area contributed by atoms with Gasteiger partial charge in [0, 0.05) is 45.8 Å². The third-order valence-corrected chi connectivity index (χ3v) is 9.87. The zero-order valence-electron chi connectivity index (χ0n) is 28.7. The molecule has 4 amide bonds. The van der Waals surface area contributed by atoms with Crippen molar-refractivity contribution < 1.29 is 19.2 Å². The number of anilines is 2. The Morgan fingerprint density at radius 1 is 0.560 bits per heavy atom. The zero-order chi connectivity index (χ0) is 35.4. The molecule has 0 saturated carbocycles. The summed E-state index contributed by atoms with van der Waals surface area (Å²) in [6.45, 7) is 8.26. The van der Waals surface area contributed by atoms with Crippen LogP contribution in [-0.4, -0.2) is 35.7 Å². The molecule has 2 aliphatic heterocycles. The Balaban J connectivity index is 1.31. The smallest absolute Gasteiger partial charge is 0.252 e. The molecule has 254 valence electrons. The summed E-state index contributed by atoms with van der Waals surface area (Å²) < 4.78 is 0. The van der Waals surface area contributed by atoms with Crippen molar-refractivity contribution in [1.29, 1.82) is 0 Å². The molecular weight excluding hydrogens is 624 g/mol. The minimum absolute atomic E-state index is 0.114. The summed E-state index contributed by atoms with van der Waals surface area (Å²) in [5, 5.41) is 12.3. The first kappa shape index (κ1) is 34.1. The fourth-order valence-electron chi connectivity index (χ4n) is 6.77. The summed E-state index contributed by atoms with van der Waals surface area (Å²) >= 11 is 0. The van der Waals surface area contributed by atoms with Crippen LogP contribution < -0.4 is 21.3 Å². The molecule has 0 fully saturated rings. The predicted molar refractivity (Wildman–Crippen MR) is 199 cm³/mol. The number of rotatable bonds is 9. The van der Waals surface area contributed by atoms with Crippen LogP contribution in [0, 0.1) is 11.8 Å². The highest BCUT2D eigenvalue weighted by molar-refractivity contribution is 6.13. The number of hydrogen-bond donors (Lipinski definition) is 4. The second-order valence-corrected chi connectivity index (χ2v) is 13.0. The lowest BCUT2D eigenvalue weighted by molar-refractivity contribution is -0.112. The second kappa shape index (κ2) is 14.8. The third-order valence-electron chi connectivity index (χ3n) is 9.87. The van der Waals surface area contributed by atoms with Gasteiger partial charge in [0.1, 0.15) is 0 Å². The summed E-state index contributed by atoms with van der Waals surface area (Å²) in [5.41, 5.74) is 6.72. The average molecular weight is 667 g/mol. The Hall–Kier alpha value is -5.76. The SMILES string of the molecule is CC[C@H](C)[C@@H]1NC(=O)c2ccccc2/C1=C/C(=O)Nc1ccccc1-c1ccccc1NC(=O)/C=C1/c2ccccc2C(=O)N[C@H]1[C@@H](C)CC. The molecule has 6 rings (SSSR count). The molecule has 50 heavy (non-hydrogen) atoms. The summed E-state index contributed by atoms with van der Waals surface area (Å²) in [6.07, 6.45) is 4.82. The molecule has 4 aromatic rings.